The minimum absolute atomic E-state index is 0.0206. The number of carboxylic acid groups (broad SMARTS) is 1. The molecule has 0 saturated carbocycles. The molecular formula is C16H15ClO4. The lowest BCUT2D eigenvalue weighted by Crippen LogP contribution is -2.02. The van der Waals surface area contributed by atoms with Crippen molar-refractivity contribution in [3.05, 3.63) is 58.6 Å². The Hall–Kier alpha value is -2.20. The Kier molecular flexibility index (Phi) is 5.06. The fourth-order valence-electron chi connectivity index (χ4n) is 1.84. The number of carboxylic acids is 1. The largest absolute Gasteiger partial charge is 0.493 e. The number of rotatable bonds is 6. The summed E-state index contributed by atoms with van der Waals surface area (Å²) < 4.78 is 11.1. The average Bonchev–Trinajstić information content (AvgIpc) is 2.47. The van der Waals surface area contributed by atoms with Crippen LogP contribution >= 0.6 is 11.6 Å². The number of aromatic carboxylic acids is 1. The van der Waals surface area contributed by atoms with Crippen LogP contribution in [-0.2, 0) is 6.61 Å². The lowest BCUT2D eigenvalue weighted by atomic mass is 10.2. The number of hydrogen-bond donors (Lipinski definition) is 1. The van der Waals surface area contributed by atoms with Gasteiger partial charge in [0.05, 0.1) is 17.2 Å². The van der Waals surface area contributed by atoms with Crippen LogP contribution in [0.5, 0.6) is 11.5 Å². The van der Waals surface area contributed by atoms with Gasteiger partial charge in [0, 0.05) is 5.56 Å². The quantitative estimate of drug-likeness (QED) is 0.876. The maximum absolute atomic E-state index is 11.0. The summed E-state index contributed by atoms with van der Waals surface area (Å²) in [5.41, 5.74) is 0.915. The van der Waals surface area contributed by atoms with Gasteiger partial charge in [-0.1, -0.05) is 29.8 Å². The van der Waals surface area contributed by atoms with Crippen LogP contribution in [0.4, 0.5) is 0 Å². The molecular weight excluding hydrogens is 292 g/mol. The van der Waals surface area contributed by atoms with Gasteiger partial charge in [0.15, 0.2) is 0 Å². The summed E-state index contributed by atoms with van der Waals surface area (Å²) in [4.78, 5) is 11.0. The lowest BCUT2D eigenvalue weighted by Gasteiger charge is -2.12. The molecule has 0 radical (unpaired) electrons. The Bertz CT molecular complexity index is 640. The van der Waals surface area contributed by atoms with Crippen LogP contribution in [0.2, 0.25) is 5.02 Å². The topological polar surface area (TPSA) is 55.8 Å². The molecule has 21 heavy (non-hydrogen) atoms. The van der Waals surface area contributed by atoms with E-state index in [1.807, 2.05) is 31.2 Å². The maximum Gasteiger partial charge on any atom is 0.337 e. The van der Waals surface area contributed by atoms with Crippen molar-refractivity contribution in [3.8, 4) is 11.5 Å². The molecule has 0 heterocycles. The summed E-state index contributed by atoms with van der Waals surface area (Å²) in [5, 5.41) is 9.21. The molecule has 2 rings (SSSR count). The molecule has 0 fully saturated rings. The van der Waals surface area contributed by atoms with Gasteiger partial charge in [-0.2, -0.15) is 0 Å². The number of carbonyl (C=O) groups is 1. The Morgan fingerprint density at radius 1 is 1.19 bits per heavy atom. The Morgan fingerprint density at radius 2 is 1.95 bits per heavy atom. The van der Waals surface area contributed by atoms with Crippen LogP contribution in [0.3, 0.4) is 0 Å². The lowest BCUT2D eigenvalue weighted by molar-refractivity contribution is 0.0696. The minimum Gasteiger partial charge on any atom is -0.493 e. The van der Waals surface area contributed by atoms with Crippen molar-refractivity contribution >= 4 is 17.6 Å². The predicted molar refractivity (Wildman–Crippen MR) is 80.4 cm³/mol. The third kappa shape index (κ3) is 3.89. The van der Waals surface area contributed by atoms with E-state index in [1.165, 1.54) is 12.1 Å². The highest BCUT2D eigenvalue weighted by Gasteiger charge is 2.10. The van der Waals surface area contributed by atoms with E-state index < -0.39 is 5.97 Å². The van der Waals surface area contributed by atoms with Crippen molar-refractivity contribution in [2.24, 2.45) is 0 Å². The van der Waals surface area contributed by atoms with Gasteiger partial charge in [0.1, 0.15) is 18.1 Å². The first kappa shape index (κ1) is 15.2. The molecule has 0 unspecified atom stereocenters. The third-order valence-electron chi connectivity index (χ3n) is 2.84. The molecule has 0 bridgehead atoms. The van der Waals surface area contributed by atoms with E-state index in [0.717, 1.165) is 11.3 Å². The number of ether oxygens (including phenoxy) is 2. The van der Waals surface area contributed by atoms with Gasteiger partial charge in [-0.25, -0.2) is 4.79 Å². The number of para-hydroxylation sites is 1. The summed E-state index contributed by atoms with van der Waals surface area (Å²) in [6.07, 6.45) is 0. The van der Waals surface area contributed by atoms with Crippen molar-refractivity contribution in [1.29, 1.82) is 0 Å². The van der Waals surface area contributed by atoms with Gasteiger partial charge < -0.3 is 14.6 Å². The van der Waals surface area contributed by atoms with Gasteiger partial charge in [0.2, 0.25) is 0 Å². The summed E-state index contributed by atoms with van der Waals surface area (Å²) in [6.45, 7) is 2.77. The normalized spacial score (nSPS) is 10.2. The summed E-state index contributed by atoms with van der Waals surface area (Å²) >= 11 is 5.82. The molecule has 0 atom stereocenters. The zero-order valence-electron chi connectivity index (χ0n) is 11.5. The fourth-order valence-corrected chi connectivity index (χ4v) is 2.04. The smallest absolute Gasteiger partial charge is 0.337 e. The van der Waals surface area contributed by atoms with Crippen LogP contribution in [-0.4, -0.2) is 17.7 Å². The number of halogens is 1. The van der Waals surface area contributed by atoms with E-state index in [2.05, 4.69) is 0 Å². The van der Waals surface area contributed by atoms with Crippen LogP contribution in [0, 0.1) is 0 Å². The predicted octanol–water partition coefficient (Wildman–Crippen LogP) is 4.02. The molecule has 5 heteroatoms. The molecule has 0 aliphatic rings. The van der Waals surface area contributed by atoms with Crippen LogP contribution in [0.15, 0.2) is 42.5 Å². The van der Waals surface area contributed by atoms with E-state index in [9.17, 15) is 4.79 Å². The SMILES string of the molecule is CCOc1ccccc1COc1ccc(Cl)c(C(=O)O)c1. The van der Waals surface area contributed by atoms with E-state index in [1.54, 1.807) is 6.07 Å². The second kappa shape index (κ2) is 6.99. The minimum atomic E-state index is -1.08. The Balaban J connectivity index is 2.13. The summed E-state index contributed by atoms with van der Waals surface area (Å²) in [7, 11) is 0. The van der Waals surface area contributed by atoms with Crippen molar-refractivity contribution in [3.63, 3.8) is 0 Å². The van der Waals surface area contributed by atoms with Crippen LogP contribution in [0.25, 0.3) is 0 Å². The molecule has 0 aliphatic heterocycles. The maximum atomic E-state index is 11.0. The highest BCUT2D eigenvalue weighted by atomic mass is 35.5. The zero-order chi connectivity index (χ0) is 15.2. The highest BCUT2D eigenvalue weighted by molar-refractivity contribution is 6.33. The molecule has 0 aliphatic carbocycles. The molecule has 0 saturated heterocycles. The van der Waals surface area contributed by atoms with Gasteiger partial charge in [-0.05, 0) is 31.2 Å². The van der Waals surface area contributed by atoms with Crippen molar-refractivity contribution in [1.82, 2.24) is 0 Å². The Labute approximate surface area is 127 Å². The first-order valence-electron chi connectivity index (χ1n) is 6.48. The van der Waals surface area contributed by atoms with Gasteiger partial charge in [-0.3, -0.25) is 0 Å². The highest BCUT2D eigenvalue weighted by Crippen LogP contribution is 2.24. The molecule has 110 valence electrons. The van der Waals surface area contributed by atoms with E-state index >= 15 is 0 Å². The van der Waals surface area contributed by atoms with Crippen molar-refractivity contribution < 1.29 is 19.4 Å². The molecule has 0 spiro atoms. The van der Waals surface area contributed by atoms with E-state index in [4.69, 9.17) is 26.2 Å². The number of hydrogen-bond acceptors (Lipinski definition) is 3. The summed E-state index contributed by atoms with van der Waals surface area (Å²) in [5.74, 6) is 0.121. The molecule has 2 aromatic rings. The van der Waals surface area contributed by atoms with Crippen molar-refractivity contribution in [2.45, 2.75) is 13.5 Å². The monoisotopic (exact) mass is 306 g/mol. The average molecular weight is 307 g/mol. The summed E-state index contributed by atoms with van der Waals surface area (Å²) in [6, 6.07) is 12.1. The second-order valence-electron chi connectivity index (χ2n) is 4.28. The Morgan fingerprint density at radius 3 is 2.67 bits per heavy atom. The first-order valence-corrected chi connectivity index (χ1v) is 6.86. The van der Waals surface area contributed by atoms with E-state index in [-0.39, 0.29) is 17.2 Å². The van der Waals surface area contributed by atoms with Crippen LogP contribution < -0.4 is 9.47 Å². The first-order chi connectivity index (χ1) is 10.1. The molecule has 4 nitrogen and oxygen atoms in total. The van der Waals surface area contributed by atoms with Gasteiger partial charge in [0.25, 0.3) is 0 Å². The van der Waals surface area contributed by atoms with Crippen LogP contribution in [0.1, 0.15) is 22.8 Å². The molecule has 0 amide bonds. The molecule has 0 aromatic heterocycles. The van der Waals surface area contributed by atoms with Crippen molar-refractivity contribution in [2.75, 3.05) is 6.61 Å². The molecule has 2 aromatic carbocycles. The van der Waals surface area contributed by atoms with Gasteiger partial charge in [-0.15, -0.1) is 0 Å². The second-order valence-corrected chi connectivity index (χ2v) is 4.68. The zero-order valence-corrected chi connectivity index (χ0v) is 12.3. The molecule has 1 N–H and O–H groups in total. The third-order valence-corrected chi connectivity index (χ3v) is 3.16. The van der Waals surface area contributed by atoms with Gasteiger partial charge >= 0.3 is 5.97 Å². The fraction of sp³-hybridized carbons (Fsp3) is 0.188. The standard InChI is InChI=1S/C16H15ClO4/c1-2-20-15-6-4-3-5-11(15)10-21-12-7-8-14(17)13(9-12)16(18)19/h3-9H,2,10H2,1H3,(H,18,19). The van der Waals surface area contributed by atoms with E-state index in [0.29, 0.717) is 12.4 Å². The number of benzene rings is 2.